The minimum Gasteiger partial charge on any atom is -0.482 e. The van der Waals surface area contributed by atoms with Gasteiger partial charge < -0.3 is 14.4 Å². The highest BCUT2D eigenvalue weighted by Crippen LogP contribution is 2.32. The van der Waals surface area contributed by atoms with Crippen molar-refractivity contribution >= 4 is 17.6 Å². The largest absolute Gasteiger partial charge is 0.482 e. The van der Waals surface area contributed by atoms with Gasteiger partial charge in [0.25, 0.3) is 5.91 Å². The van der Waals surface area contributed by atoms with Gasteiger partial charge in [0.2, 0.25) is 0 Å². The Labute approximate surface area is 140 Å². The lowest BCUT2D eigenvalue weighted by Gasteiger charge is -2.29. The highest BCUT2D eigenvalue weighted by Gasteiger charge is 2.25. The first-order valence-electron chi connectivity index (χ1n) is 7.86. The average molecular weight is 325 g/mol. The lowest BCUT2D eigenvalue weighted by atomic mass is 10.1. The monoisotopic (exact) mass is 325 g/mol. The summed E-state index contributed by atoms with van der Waals surface area (Å²) >= 11 is 0. The summed E-state index contributed by atoms with van der Waals surface area (Å²) in [5, 5.41) is 0. The predicted molar refractivity (Wildman–Crippen MR) is 90.1 cm³/mol. The SMILES string of the molecule is CC(C)OC(=O)c1ccc(CN2C(=O)COc3ccccc32)cc1. The summed E-state index contributed by atoms with van der Waals surface area (Å²) in [5.74, 6) is 0.274. The number of carbonyl (C=O) groups excluding carboxylic acids is 2. The molecule has 0 fully saturated rings. The van der Waals surface area contributed by atoms with E-state index in [9.17, 15) is 9.59 Å². The number of ether oxygens (including phenoxy) is 2. The molecule has 5 nitrogen and oxygen atoms in total. The van der Waals surface area contributed by atoms with E-state index in [1.54, 1.807) is 17.0 Å². The summed E-state index contributed by atoms with van der Waals surface area (Å²) in [6.45, 7) is 4.09. The van der Waals surface area contributed by atoms with E-state index in [0.29, 0.717) is 17.9 Å². The summed E-state index contributed by atoms with van der Waals surface area (Å²) in [5.41, 5.74) is 2.19. The van der Waals surface area contributed by atoms with Crippen LogP contribution in [0.25, 0.3) is 0 Å². The molecule has 0 unspecified atom stereocenters. The highest BCUT2D eigenvalue weighted by molar-refractivity contribution is 5.97. The molecule has 1 aliphatic heterocycles. The van der Waals surface area contributed by atoms with E-state index >= 15 is 0 Å². The molecule has 0 spiro atoms. The maximum absolute atomic E-state index is 12.2. The second-order valence-corrected chi connectivity index (χ2v) is 5.89. The fourth-order valence-electron chi connectivity index (χ4n) is 2.54. The molecule has 0 atom stereocenters. The van der Waals surface area contributed by atoms with Crippen LogP contribution < -0.4 is 9.64 Å². The first-order chi connectivity index (χ1) is 11.5. The van der Waals surface area contributed by atoms with Crippen LogP contribution in [0.5, 0.6) is 5.75 Å². The van der Waals surface area contributed by atoms with Gasteiger partial charge in [0, 0.05) is 0 Å². The van der Waals surface area contributed by atoms with Crippen molar-refractivity contribution in [3.63, 3.8) is 0 Å². The fraction of sp³-hybridized carbons (Fsp3) is 0.263. The molecule has 124 valence electrons. The Kier molecular flexibility index (Phi) is 4.51. The van der Waals surface area contributed by atoms with Crippen molar-refractivity contribution in [2.75, 3.05) is 11.5 Å². The summed E-state index contributed by atoms with van der Waals surface area (Å²) in [6.07, 6.45) is -0.153. The second kappa shape index (κ2) is 6.74. The number of para-hydroxylation sites is 2. The molecule has 1 heterocycles. The quantitative estimate of drug-likeness (QED) is 0.810. The molecule has 1 amide bonds. The van der Waals surface area contributed by atoms with Crippen molar-refractivity contribution in [1.29, 1.82) is 0 Å². The first-order valence-corrected chi connectivity index (χ1v) is 7.86. The molecule has 0 bridgehead atoms. The minimum absolute atomic E-state index is 0.0375. The summed E-state index contributed by atoms with van der Waals surface area (Å²) in [7, 11) is 0. The van der Waals surface area contributed by atoms with Crippen LogP contribution in [0.4, 0.5) is 5.69 Å². The van der Waals surface area contributed by atoms with Gasteiger partial charge >= 0.3 is 5.97 Å². The van der Waals surface area contributed by atoms with Gasteiger partial charge in [-0.3, -0.25) is 4.79 Å². The van der Waals surface area contributed by atoms with E-state index in [1.165, 1.54) is 0 Å². The molecule has 0 aliphatic carbocycles. The van der Waals surface area contributed by atoms with Gasteiger partial charge in [-0.2, -0.15) is 0 Å². The van der Waals surface area contributed by atoms with Crippen LogP contribution in [0.3, 0.4) is 0 Å². The number of benzene rings is 2. The maximum Gasteiger partial charge on any atom is 0.338 e. The minimum atomic E-state index is -0.343. The molecule has 3 rings (SSSR count). The Morgan fingerprint density at radius 1 is 1.17 bits per heavy atom. The number of nitrogens with zero attached hydrogens (tertiary/aromatic N) is 1. The van der Waals surface area contributed by atoms with Crippen LogP contribution in [0.1, 0.15) is 29.8 Å². The first kappa shape index (κ1) is 16.1. The van der Waals surface area contributed by atoms with E-state index < -0.39 is 0 Å². The number of anilines is 1. The number of rotatable bonds is 4. The van der Waals surface area contributed by atoms with Gasteiger partial charge in [0.05, 0.1) is 23.9 Å². The van der Waals surface area contributed by atoms with E-state index in [-0.39, 0.29) is 24.6 Å². The summed E-state index contributed by atoms with van der Waals surface area (Å²) in [4.78, 5) is 25.7. The molecular formula is C19H19NO4. The predicted octanol–water partition coefficient (Wildman–Crippen LogP) is 3.18. The van der Waals surface area contributed by atoms with Gasteiger partial charge in [0.1, 0.15) is 5.75 Å². The Morgan fingerprint density at radius 2 is 1.88 bits per heavy atom. The zero-order chi connectivity index (χ0) is 17.1. The third kappa shape index (κ3) is 3.40. The number of amides is 1. The van der Waals surface area contributed by atoms with Gasteiger partial charge in [-0.15, -0.1) is 0 Å². The molecule has 0 aromatic heterocycles. The third-order valence-corrected chi connectivity index (χ3v) is 3.68. The van der Waals surface area contributed by atoms with Crippen LogP contribution in [-0.2, 0) is 16.1 Å². The number of hydrogen-bond donors (Lipinski definition) is 0. The summed E-state index contributed by atoms with van der Waals surface area (Å²) < 4.78 is 10.6. The van der Waals surface area contributed by atoms with Crippen LogP contribution >= 0.6 is 0 Å². The molecule has 2 aromatic carbocycles. The van der Waals surface area contributed by atoms with Crippen LogP contribution in [-0.4, -0.2) is 24.6 Å². The smallest absolute Gasteiger partial charge is 0.338 e. The molecule has 24 heavy (non-hydrogen) atoms. The fourth-order valence-corrected chi connectivity index (χ4v) is 2.54. The standard InChI is InChI=1S/C19H19NO4/c1-13(2)24-19(22)15-9-7-14(8-10-15)11-20-16-5-3-4-6-17(16)23-12-18(20)21/h3-10,13H,11-12H2,1-2H3. The molecule has 0 saturated heterocycles. The molecule has 5 heteroatoms. The van der Waals surface area contributed by atoms with E-state index in [4.69, 9.17) is 9.47 Å². The molecule has 0 N–H and O–H groups in total. The Hall–Kier alpha value is -2.82. The lowest BCUT2D eigenvalue weighted by Crippen LogP contribution is -2.38. The summed E-state index contributed by atoms with van der Waals surface area (Å²) in [6, 6.07) is 14.6. The van der Waals surface area contributed by atoms with Gasteiger partial charge in [0.15, 0.2) is 6.61 Å². The lowest BCUT2D eigenvalue weighted by molar-refractivity contribution is -0.121. The van der Waals surface area contributed by atoms with Gasteiger partial charge in [-0.25, -0.2) is 4.79 Å². The van der Waals surface area contributed by atoms with Crippen molar-refractivity contribution in [1.82, 2.24) is 0 Å². The number of carbonyl (C=O) groups is 2. The van der Waals surface area contributed by atoms with Crippen molar-refractivity contribution in [3.8, 4) is 5.75 Å². The van der Waals surface area contributed by atoms with Crippen molar-refractivity contribution < 1.29 is 19.1 Å². The number of esters is 1. The van der Waals surface area contributed by atoms with Crippen molar-refractivity contribution in [2.24, 2.45) is 0 Å². The molecular weight excluding hydrogens is 306 g/mol. The third-order valence-electron chi connectivity index (χ3n) is 3.68. The van der Waals surface area contributed by atoms with Crippen LogP contribution in [0.2, 0.25) is 0 Å². The van der Waals surface area contributed by atoms with Crippen LogP contribution in [0.15, 0.2) is 48.5 Å². The van der Waals surface area contributed by atoms with E-state index in [1.807, 2.05) is 50.2 Å². The van der Waals surface area contributed by atoms with E-state index in [2.05, 4.69) is 0 Å². The van der Waals surface area contributed by atoms with Crippen LogP contribution in [0, 0.1) is 0 Å². The van der Waals surface area contributed by atoms with Gasteiger partial charge in [-0.05, 0) is 43.7 Å². The molecule has 2 aromatic rings. The van der Waals surface area contributed by atoms with Gasteiger partial charge in [-0.1, -0.05) is 24.3 Å². The Bertz CT molecular complexity index is 752. The molecule has 0 radical (unpaired) electrons. The number of fused-ring (bicyclic) bond motifs is 1. The zero-order valence-electron chi connectivity index (χ0n) is 13.7. The number of hydrogen-bond acceptors (Lipinski definition) is 4. The Balaban J connectivity index is 1.77. The normalized spacial score (nSPS) is 13.5. The van der Waals surface area contributed by atoms with E-state index in [0.717, 1.165) is 11.3 Å². The van der Waals surface area contributed by atoms with Crippen molar-refractivity contribution in [2.45, 2.75) is 26.5 Å². The topological polar surface area (TPSA) is 55.8 Å². The zero-order valence-corrected chi connectivity index (χ0v) is 13.7. The Morgan fingerprint density at radius 3 is 2.58 bits per heavy atom. The van der Waals surface area contributed by atoms with Crippen molar-refractivity contribution in [3.05, 3.63) is 59.7 Å². The average Bonchev–Trinajstić information content (AvgIpc) is 2.57. The molecule has 0 saturated carbocycles. The molecule has 1 aliphatic rings. The second-order valence-electron chi connectivity index (χ2n) is 5.89. The maximum atomic E-state index is 12.2. The highest BCUT2D eigenvalue weighted by atomic mass is 16.5.